The Balaban J connectivity index is 1.73. The fourth-order valence-corrected chi connectivity index (χ4v) is 2.94. The highest BCUT2D eigenvalue weighted by molar-refractivity contribution is 5.78. The van der Waals surface area contributed by atoms with Gasteiger partial charge in [-0.05, 0) is 65.1 Å². The van der Waals surface area contributed by atoms with E-state index in [9.17, 15) is 9.90 Å². The van der Waals surface area contributed by atoms with E-state index < -0.39 is 11.5 Å². The van der Waals surface area contributed by atoms with Crippen LogP contribution in [0.1, 0.15) is 58.3 Å². The van der Waals surface area contributed by atoms with Crippen LogP contribution in [0.4, 0.5) is 0 Å². The van der Waals surface area contributed by atoms with E-state index in [0.29, 0.717) is 6.04 Å². The van der Waals surface area contributed by atoms with Gasteiger partial charge in [-0.2, -0.15) is 0 Å². The van der Waals surface area contributed by atoms with Crippen molar-refractivity contribution in [3.63, 3.8) is 0 Å². The van der Waals surface area contributed by atoms with Gasteiger partial charge >= 0.3 is 5.97 Å². The highest BCUT2D eigenvalue weighted by Crippen LogP contribution is 2.25. The molecule has 1 saturated heterocycles. The van der Waals surface area contributed by atoms with Gasteiger partial charge in [-0.25, -0.2) is 0 Å². The van der Waals surface area contributed by atoms with Gasteiger partial charge in [0.15, 0.2) is 0 Å². The Bertz CT molecular complexity index is 297. The largest absolute Gasteiger partial charge is 0.480 e. The Morgan fingerprint density at radius 2 is 1.89 bits per heavy atom. The van der Waals surface area contributed by atoms with Crippen molar-refractivity contribution in [1.29, 1.82) is 0 Å². The SMILES string of the molecule is CC(CCCN1CCCCCC1)(NC1CC1)C(=O)O. The lowest BCUT2D eigenvalue weighted by atomic mass is 9.95. The number of aliphatic carboxylic acids is 1. The molecule has 0 amide bonds. The van der Waals surface area contributed by atoms with Gasteiger partial charge < -0.3 is 10.0 Å². The van der Waals surface area contributed by atoms with E-state index in [1.165, 1.54) is 38.8 Å². The standard InChI is InChI=1S/C15H28N2O2/c1-15(14(18)19,16-13-7-8-13)9-6-12-17-10-4-2-3-5-11-17/h13,16H,2-12H2,1H3,(H,18,19). The number of carbonyl (C=O) groups is 1. The predicted molar refractivity (Wildman–Crippen MR) is 76.3 cm³/mol. The molecular weight excluding hydrogens is 240 g/mol. The molecule has 1 atom stereocenters. The summed E-state index contributed by atoms with van der Waals surface area (Å²) in [4.78, 5) is 14.0. The van der Waals surface area contributed by atoms with Crippen molar-refractivity contribution >= 4 is 5.97 Å². The summed E-state index contributed by atoms with van der Waals surface area (Å²) in [7, 11) is 0. The minimum Gasteiger partial charge on any atom is -0.480 e. The first-order valence-corrected chi connectivity index (χ1v) is 7.84. The Kier molecular flexibility index (Phi) is 5.22. The molecular formula is C15H28N2O2. The van der Waals surface area contributed by atoms with Crippen LogP contribution in [0.3, 0.4) is 0 Å². The first kappa shape index (κ1) is 14.8. The topological polar surface area (TPSA) is 52.6 Å². The molecule has 2 rings (SSSR count). The molecule has 0 aromatic rings. The highest BCUT2D eigenvalue weighted by Gasteiger charge is 2.37. The fourth-order valence-electron chi connectivity index (χ4n) is 2.94. The minimum absolute atomic E-state index is 0.444. The average Bonchev–Trinajstić information content (AvgIpc) is 3.16. The van der Waals surface area contributed by atoms with Crippen LogP contribution in [0.25, 0.3) is 0 Å². The number of hydrogen-bond acceptors (Lipinski definition) is 3. The number of likely N-dealkylation sites (tertiary alicyclic amines) is 1. The van der Waals surface area contributed by atoms with Gasteiger partial charge in [-0.1, -0.05) is 12.8 Å². The number of carboxylic acid groups (broad SMARTS) is 1. The molecule has 0 aromatic carbocycles. The lowest BCUT2D eigenvalue weighted by molar-refractivity contribution is -0.144. The van der Waals surface area contributed by atoms with E-state index in [0.717, 1.165) is 32.2 Å². The van der Waals surface area contributed by atoms with E-state index in [1.54, 1.807) is 0 Å². The van der Waals surface area contributed by atoms with Crippen LogP contribution in [0.2, 0.25) is 0 Å². The number of rotatable bonds is 7. The van der Waals surface area contributed by atoms with Crippen LogP contribution in [-0.4, -0.2) is 47.2 Å². The summed E-state index contributed by atoms with van der Waals surface area (Å²) in [5.41, 5.74) is -0.729. The fraction of sp³-hybridized carbons (Fsp3) is 0.933. The average molecular weight is 268 g/mol. The maximum atomic E-state index is 11.4. The molecule has 4 nitrogen and oxygen atoms in total. The second-order valence-corrected chi connectivity index (χ2v) is 6.42. The second-order valence-electron chi connectivity index (χ2n) is 6.42. The monoisotopic (exact) mass is 268 g/mol. The van der Waals surface area contributed by atoms with Crippen molar-refractivity contribution in [3.05, 3.63) is 0 Å². The third-order valence-corrected chi connectivity index (χ3v) is 4.42. The molecule has 19 heavy (non-hydrogen) atoms. The molecule has 2 aliphatic rings. The van der Waals surface area contributed by atoms with Crippen LogP contribution < -0.4 is 5.32 Å². The Labute approximate surface area is 116 Å². The summed E-state index contributed by atoms with van der Waals surface area (Å²) in [6, 6.07) is 0.444. The summed E-state index contributed by atoms with van der Waals surface area (Å²) in [6.45, 7) is 5.28. The van der Waals surface area contributed by atoms with Gasteiger partial charge in [-0.15, -0.1) is 0 Å². The quantitative estimate of drug-likeness (QED) is 0.743. The molecule has 2 N–H and O–H groups in total. The normalized spacial score (nSPS) is 24.7. The first-order chi connectivity index (χ1) is 9.10. The highest BCUT2D eigenvalue weighted by atomic mass is 16.4. The van der Waals surface area contributed by atoms with Crippen molar-refractivity contribution in [2.75, 3.05) is 19.6 Å². The van der Waals surface area contributed by atoms with Gasteiger partial charge in [0.25, 0.3) is 0 Å². The van der Waals surface area contributed by atoms with Gasteiger partial charge in [0.1, 0.15) is 5.54 Å². The molecule has 4 heteroatoms. The van der Waals surface area contributed by atoms with Crippen molar-refractivity contribution in [2.24, 2.45) is 0 Å². The number of nitrogens with one attached hydrogen (secondary N) is 1. The molecule has 1 aliphatic carbocycles. The molecule has 0 bridgehead atoms. The third-order valence-electron chi connectivity index (χ3n) is 4.42. The zero-order valence-corrected chi connectivity index (χ0v) is 12.2. The van der Waals surface area contributed by atoms with Gasteiger partial charge in [0, 0.05) is 6.04 Å². The van der Waals surface area contributed by atoms with Crippen LogP contribution in [0.15, 0.2) is 0 Å². The zero-order valence-electron chi connectivity index (χ0n) is 12.2. The molecule has 1 heterocycles. The van der Waals surface area contributed by atoms with Crippen molar-refractivity contribution in [3.8, 4) is 0 Å². The maximum absolute atomic E-state index is 11.4. The minimum atomic E-state index is -0.729. The van der Waals surface area contributed by atoms with E-state index in [1.807, 2.05) is 6.92 Å². The maximum Gasteiger partial charge on any atom is 0.323 e. The van der Waals surface area contributed by atoms with Gasteiger partial charge in [0.05, 0.1) is 0 Å². The van der Waals surface area contributed by atoms with Crippen molar-refractivity contribution in [2.45, 2.75) is 69.9 Å². The molecule has 1 unspecified atom stereocenters. The Morgan fingerprint density at radius 1 is 1.26 bits per heavy atom. The van der Waals surface area contributed by atoms with Crippen LogP contribution in [0.5, 0.6) is 0 Å². The molecule has 0 aromatic heterocycles. The predicted octanol–water partition coefficient (Wildman–Crippen LogP) is 2.24. The molecule has 1 aliphatic heterocycles. The summed E-state index contributed by atoms with van der Waals surface area (Å²) in [5, 5.41) is 12.7. The van der Waals surface area contributed by atoms with E-state index in [2.05, 4.69) is 10.2 Å². The Morgan fingerprint density at radius 3 is 2.42 bits per heavy atom. The molecule has 0 radical (unpaired) electrons. The van der Waals surface area contributed by atoms with Crippen LogP contribution in [-0.2, 0) is 4.79 Å². The van der Waals surface area contributed by atoms with Crippen molar-refractivity contribution in [1.82, 2.24) is 10.2 Å². The zero-order chi connectivity index (χ0) is 13.7. The number of hydrogen-bond donors (Lipinski definition) is 2. The lowest BCUT2D eigenvalue weighted by Gasteiger charge is -2.28. The van der Waals surface area contributed by atoms with Crippen LogP contribution in [0, 0.1) is 0 Å². The summed E-state index contributed by atoms with van der Waals surface area (Å²) >= 11 is 0. The number of carboxylic acids is 1. The van der Waals surface area contributed by atoms with E-state index >= 15 is 0 Å². The molecule has 0 spiro atoms. The smallest absolute Gasteiger partial charge is 0.323 e. The Hall–Kier alpha value is -0.610. The third kappa shape index (κ3) is 4.77. The molecule has 2 fully saturated rings. The number of nitrogens with zero attached hydrogens (tertiary/aromatic N) is 1. The van der Waals surface area contributed by atoms with E-state index in [-0.39, 0.29) is 0 Å². The summed E-state index contributed by atoms with van der Waals surface area (Å²) < 4.78 is 0. The summed E-state index contributed by atoms with van der Waals surface area (Å²) in [6.07, 6.45) is 9.29. The van der Waals surface area contributed by atoms with Gasteiger partial charge in [-0.3, -0.25) is 10.1 Å². The van der Waals surface area contributed by atoms with Crippen molar-refractivity contribution < 1.29 is 9.90 Å². The van der Waals surface area contributed by atoms with E-state index in [4.69, 9.17) is 0 Å². The van der Waals surface area contributed by atoms with Gasteiger partial charge in [0.2, 0.25) is 0 Å². The molecule has 110 valence electrons. The summed E-state index contributed by atoms with van der Waals surface area (Å²) in [5.74, 6) is -0.699. The lowest BCUT2D eigenvalue weighted by Crippen LogP contribution is -2.50. The van der Waals surface area contributed by atoms with Crippen LogP contribution >= 0.6 is 0 Å². The first-order valence-electron chi connectivity index (χ1n) is 7.84. The molecule has 1 saturated carbocycles. The second kappa shape index (κ2) is 6.71.